The predicted molar refractivity (Wildman–Crippen MR) is 71.4 cm³/mol. The number of ether oxygens (including phenoxy) is 2. The molecule has 0 amide bonds. The first-order valence-corrected chi connectivity index (χ1v) is 6.69. The van der Waals surface area contributed by atoms with Gasteiger partial charge in [0.1, 0.15) is 30.2 Å². The summed E-state index contributed by atoms with van der Waals surface area (Å²) in [6.45, 7) is 1.18. The third-order valence-electron chi connectivity index (χ3n) is 3.53. The lowest BCUT2D eigenvalue weighted by atomic mass is 9.99. The molecule has 0 unspecified atom stereocenters. The van der Waals surface area contributed by atoms with Gasteiger partial charge in [-0.2, -0.15) is 0 Å². The molecule has 0 bridgehead atoms. The molecule has 1 fully saturated rings. The van der Waals surface area contributed by atoms with Crippen LogP contribution in [0.3, 0.4) is 0 Å². The van der Waals surface area contributed by atoms with Crippen LogP contribution in [0.25, 0.3) is 0 Å². The summed E-state index contributed by atoms with van der Waals surface area (Å²) in [6.07, 6.45) is -7.07. The summed E-state index contributed by atoms with van der Waals surface area (Å²) in [5.41, 5.74) is 0.659. The number of hydrogen-bond donors (Lipinski definition) is 5. The van der Waals surface area contributed by atoms with Crippen molar-refractivity contribution in [3.63, 3.8) is 0 Å². The van der Waals surface area contributed by atoms with E-state index in [1.54, 1.807) is 19.1 Å². The van der Waals surface area contributed by atoms with Crippen LogP contribution < -0.4 is 0 Å². The quantitative estimate of drug-likeness (QED) is 0.497. The van der Waals surface area contributed by atoms with E-state index < -0.39 is 43.4 Å². The van der Waals surface area contributed by atoms with Crippen LogP contribution in [0.4, 0.5) is 0 Å². The second kappa shape index (κ2) is 6.69. The van der Waals surface area contributed by atoms with Gasteiger partial charge in [0.15, 0.2) is 6.29 Å². The maximum absolute atomic E-state index is 9.88. The van der Waals surface area contributed by atoms with Gasteiger partial charge in [0.05, 0.1) is 12.7 Å². The van der Waals surface area contributed by atoms with E-state index in [0.29, 0.717) is 5.56 Å². The Kier molecular flexibility index (Phi) is 5.15. The number of aliphatic hydroxyl groups is 4. The number of benzene rings is 1. The van der Waals surface area contributed by atoms with E-state index in [1.165, 1.54) is 12.1 Å². The van der Waals surface area contributed by atoms with Crippen LogP contribution in [0.15, 0.2) is 24.3 Å². The lowest BCUT2D eigenvalue weighted by Crippen LogP contribution is -2.59. The van der Waals surface area contributed by atoms with Gasteiger partial charge in [0.25, 0.3) is 0 Å². The van der Waals surface area contributed by atoms with Gasteiger partial charge in [-0.15, -0.1) is 0 Å². The molecule has 1 aliphatic rings. The van der Waals surface area contributed by atoms with E-state index in [9.17, 15) is 20.4 Å². The van der Waals surface area contributed by atoms with E-state index in [4.69, 9.17) is 14.6 Å². The SMILES string of the molecule is C[C@H](O[C@@H]1O[C@H](CO)[C@@H](O)[C@H](O)[C@H]1O)c1cccc(O)c1. The average molecular weight is 300 g/mol. The van der Waals surface area contributed by atoms with Crippen LogP contribution in [-0.4, -0.2) is 62.8 Å². The summed E-state index contributed by atoms with van der Waals surface area (Å²) in [5.74, 6) is 0.0803. The fraction of sp³-hybridized carbons (Fsp3) is 0.571. The number of aromatic hydroxyl groups is 1. The molecule has 6 atom stereocenters. The molecule has 2 rings (SSSR count). The first kappa shape index (κ1) is 16.2. The summed E-state index contributed by atoms with van der Waals surface area (Å²) in [6, 6.07) is 6.41. The van der Waals surface area contributed by atoms with Crippen molar-refractivity contribution in [3.05, 3.63) is 29.8 Å². The molecule has 1 aromatic carbocycles. The Morgan fingerprint density at radius 3 is 2.52 bits per heavy atom. The third kappa shape index (κ3) is 3.52. The number of phenolic OH excluding ortho intramolecular Hbond substituents is 1. The van der Waals surface area contributed by atoms with Gasteiger partial charge in [-0.3, -0.25) is 0 Å². The second-order valence-electron chi connectivity index (χ2n) is 5.07. The van der Waals surface area contributed by atoms with Gasteiger partial charge in [-0.1, -0.05) is 12.1 Å². The van der Waals surface area contributed by atoms with E-state index in [1.807, 2.05) is 0 Å². The summed E-state index contributed by atoms with van der Waals surface area (Å²) in [4.78, 5) is 0. The average Bonchev–Trinajstić information content (AvgIpc) is 2.47. The molecule has 1 aromatic rings. The van der Waals surface area contributed by atoms with Gasteiger partial charge in [-0.05, 0) is 24.6 Å². The minimum Gasteiger partial charge on any atom is -0.508 e. The fourth-order valence-corrected chi connectivity index (χ4v) is 2.24. The highest BCUT2D eigenvalue weighted by Gasteiger charge is 2.44. The highest BCUT2D eigenvalue weighted by atomic mass is 16.7. The summed E-state index contributed by atoms with van der Waals surface area (Å²) < 4.78 is 10.8. The molecule has 0 aromatic heterocycles. The summed E-state index contributed by atoms with van der Waals surface area (Å²) in [7, 11) is 0. The molecule has 0 radical (unpaired) electrons. The molecule has 118 valence electrons. The van der Waals surface area contributed by atoms with Crippen LogP contribution in [0.2, 0.25) is 0 Å². The Hall–Kier alpha value is -1.22. The first-order valence-electron chi connectivity index (χ1n) is 6.69. The Balaban J connectivity index is 2.07. The number of phenols is 1. The van der Waals surface area contributed by atoms with Crippen molar-refractivity contribution in [1.82, 2.24) is 0 Å². The molecule has 7 nitrogen and oxygen atoms in total. The zero-order valence-electron chi connectivity index (χ0n) is 11.5. The molecule has 0 saturated carbocycles. The van der Waals surface area contributed by atoms with Gasteiger partial charge in [0.2, 0.25) is 0 Å². The van der Waals surface area contributed by atoms with E-state index in [-0.39, 0.29) is 5.75 Å². The zero-order chi connectivity index (χ0) is 15.6. The van der Waals surface area contributed by atoms with Crippen LogP contribution >= 0.6 is 0 Å². The summed E-state index contributed by atoms with van der Waals surface area (Å²) in [5, 5.41) is 47.8. The van der Waals surface area contributed by atoms with Crippen molar-refractivity contribution >= 4 is 0 Å². The zero-order valence-corrected chi connectivity index (χ0v) is 11.5. The normalized spacial score (nSPS) is 34.6. The Bertz CT molecular complexity index is 464. The highest BCUT2D eigenvalue weighted by Crippen LogP contribution is 2.28. The molecule has 7 heteroatoms. The van der Waals surface area contributed by atoms with Crippen molar-refractivity contribution in [1.29, 1.82) is 0 Å². The predicted octanol–water partition coefficient (Wildman–Crippen LogP) is -0.730. The molecular weight excluding hydrogens is 280 g/mol. The van der Waals surface area contributed by atoms with Crippen LogP contribution in [0, 0.1) is 0 Å². The molecular formula is C14H20O7. The van der Waals surface area contributed by atoms with Crippen molar-refractivity contribution in [2.24, 2.45) is 0 Å². The van der Waals surface area contributed by atoms with E-state index in [0.717, 1.165) is 0 Å². The maximum atomic E-state index is 9.88. The van der Waals surface area contributed by atoms with Gasteiger partial charge in [-0.25, -0.2) is 0 Å². The van der Waals surface area contributed by atoms with Crippen molar-refractivity contribution in [3.8, 4) is 5.75 Å². The molecule has 5 N–H and O–H groups in total. The molecule has 1 heterocycles. The number of aliphatic hydroxyl groups excluding tert-OH is 4. The van der Waals surface area contributed by atoms with Crippen molar-refractivity contribution in [2.45, 2.75) is 43.7 Å². The smallest absolute Gasteiger partial charge is 0.187 e. The molecule has 1 aliphatic heterocycles. The second-order valence-corrected chi connectivity index (χ2v) is 5.07. The highest BCUT2D eigenvalue weighted by molar-refractivity contribution is 5.28. The minimum atomic E-state index is -1.47. The number of hydrogen-bond acceptors (Lipinski definition) is 7. The molecule has 1 saturated heterocycles. The van der Waals surface area contributed by atoms with Crippen LogP contribution in [0.5, 0.6) is 5.75 Å². The lowest BCUT2D eigenvalue weighted by molar-refractivity contribution is -0.311. The van der Waals surface area contributed by atoms with Crippen molar-refractivity contribution in [2.75, 3.05) is 6.61 Å². The number of rotatable bonds is 4. The molecule has 21 heavy (non-hydrogen) atoms. The molecule has 0 spiro atoms. The molecule has 0 aliphatic carbocycles. The Labute approximate surface area is 122 Å². The van der Waals surface area contributed by atoms with Gasteiger partial charge < -0.3 is 35.0 Å². The largest absolute Gasteiger partial charge is 0.508 e. The van der Waals surface area contributed by atoms with Gasteiger partial charge in [0, 0.05) is 0 Å². The topological polar surface area (TPSA) is 120 Å². The van der Waals surface area contributed by atoms with Gasteiger partial charge >= 0.3 is 0 Å². The van der Waals surface area contributed by atoms with E-state index >= 15 is 0 Å². The standard InChI is InChI=1S/C14H20O7/c1-7(8-3-2-4-9(16)5-8)20-14-13(19)12(18)11(17)10(6-15)21-14/h2-5,7,10-19H,6H2,1H3/t7-,10+,11+,12-,13+,14+/m0/s1. The maximum Gasteiger partial charge on any atom is 0.187 e. The Morgan fingerprint density at radius 2 is 1.90 bits per heavy atom. The van der Waals surface area contributed by atoms with Crippen LogP contribution in [0.1, 0.15) is 18.6 Å². The monoisotopic (exact) mass is 300 g/mol. The lowest BCUT2D eigenvalue weighted by Gasteiger charge is -2.40. The van der Waals surface area contributed by atoms with E-state index in [2.05, 4.69) is 0 Å². The fourth-order valence-electron chi connectivity index (χ4n) is 2.24. The Morgan fingerprint density at radius 1 is 1.19 bits per heavy atom. The van der Waals surface area contributed by atoms with Crippen LogP contribution in [-0.2, 0) is 9.47 Å². The third-order valence-corrected chi connectivity index (χ3v) is 3.53. The minimum absolute atomic E-state index is 0.0803. The first-order chi connectivity index (χ1) is 9.93. The summed E-state index contributed by atoms with van der Waals surface area (Å²) >= 11 is 0. The van der Waals surface area contributed by atoms with Crippen molar-refractivity contribution < 1.29 is 35.0 Å².